The lowest BCUT2D eigenvalue weighted by atomic mass is 10.1. The molecule has 356 valence electrons. The Morgan fingerprint density at radius 3 is 1.59 bits per heavy atom. The van der Waals surface area contributed by atoms with Gasteiger partial charge in [-0.15, -0.1) is 22.7 Å². The third kappa shape index (κ3) is 13.2. The van der Waals surface area contributed by atoms with Crippen LogP contribution in [0.15, 0.2) is 108 Å². The number of nitrogens with two attached hydrogens (primary N) is 1. The Morgan fingerprint density at radius 1 is 0.638 bits per heavy atom. The summed E-state index contributed by atoms with van der Waals surface area (Å²) in [5.74, 6) is 2.14. The van der Waals surface area contributed by atoms with Crippen molar-refractivity contribution < 1.29 is 29.3 Å². The fourth-order valence-corrected chi connectivity index (χ4v) is 7.92. The third-order valence-corrected chi connectivity index (χ3v) is 11.5. The van der Waals surface area contributed by atoms with Crippen LogP contribution < -0.4 is 41.8 Å². The summed E-state index contributed by atoms with van der Waals surface area (Å²) in [6.45, 7) is 3.83. The zero-order valence-electron chi connectivity index (χ0n) is 38.3. The summed E-state index contributed by atoms with van der Waals surface area (Å²) in [6.07, 6.45) is 6.09. The van der Waals surface area contributed by atoms with Gasteiger partial charge in [-0.05, 0) is 79.6 Å². The quantitative estimate of drug-likeness (QED) is 0.0474. The number of carbonyl (C=O) groups excluding carboxylic acids is 2. The second-order valence-electron chi connectivity index (χ2n) is 14.4. The molecule has 6 aromatic heterocycles. The number of nitrogens with zero attached hydrogens (tertiary/aromatic N) is 6. The Kier molecular flexibility index (Phi) is 17.9. The summed E-state index contributed by atoms with van der Waals surface area (Å²) >= 11 is 9.15. The summed E-state index contributed by atoms with van der Waals surface area (Å²) in [7, 11) is 6.32. The highest BCUT2D eigenvalue weighted by Gasteiger charge is 2.19. The maximum absolute atomic E-state index is 12.5. The van der Waals surface area contributed by atoms with Crippen LogP contribution in [0.3, 0.4) is 0 Å². The number of halogens is 1. The molecule has 9 N–H and O–H groups in total. The predicted octanol–water partition coefficient (Wildman–Crippen LogP) is 8.69. The molecule has 0 atom stereocenters. The first-order chi connectivity index (χ1) is 33.4. The van der Waals surface area contributed by atoms with Gasteiger partial charge in [-0.2, -0.15) is 0 Å². The molecule has 0 radical (unpaired) electrons. The van der Waals surface area contributed by atoms with Crippen molar-refractivity contribution in [2.24, 2.45) is 0 Å². The fraction of sp³-hybridized carbons (Fsp3) is 0.167. The summed E-state index contributed by atoms with van der Waals surface area (Å²) in [5.41, 5.74) is 13.4. The van der Waals surface area contributed by atoms with E-state index in [-0.39, 0.29) is 30.2 Å². The first-order valence-corrected chi connectivity index (χ1v) is 23.0. The van der Waals surface area contributed by atoms with Gasteiger partial charge < -0.3 is 52.0 Å². The third-order valence-electron chi connectivity index (χ3n) is 9.78. The minimum atomic E-state index is -0.285. The number of hydrogen-bond acceptors (Lipinski definition) is 18. The van der Waals surface area contributed by atoms with Gasteiger partial charge in [0.15, 0.2) is 11.5 Å². The summed E-state index contributed by atoms with van der Waals surface area (Å²) in [6, 6.07) is 21.6. The molecule has 8 aromatic rings. The van der Waals surface area contributed by atoms with Crippen LogP contribution >= 0.6 is 34.3 Å². The standard InChI is InChI=1S/C24H24N6O3S.C18H17ClN4O2S.C6H8N2O/c1-14-28-20(13-34-14)16-5-4-6-18(23(16)33-3)29-19-10-22(27-11-17(19)24(32)25-2)30-21-9-15(12-31)7-8-26-21;1-10-22-15(9-26-10)11-5-4-6-13(17(11)25-3)23-14-7-16(19)21-8-12(14)18(24)20-2;7-6-3-5(4-9)1-2-8-6/h4-11,13,31H,12H2,1-3H3,(H,25,32)(H2,26,27,29,30);4-9H,1-3H3,(H,20,24)(H,21,23);1-3,9H,4H2,(H2,7,8). The van der Waals surface area contributed by atoms with Crippen molar-refractivity contribution in [1.29, 1.82) is 0 Å². The van der Waals surface area contributed by atoms with E-state index in [0.29, 0.717) is 62.8 Å². The van der Waals surface area contributed by atoms with E-state index in [1.807, 2.05) is 61.0 Å². The van der Waals surface area contributed by atoms with Crippen molar-refractivity contribution in [3.63, 3.8) is 0 Å². The van der Waals surface area contributed by atoms with Crippen LogP contribution in [0.25, 0.3) is 22.5 Å². The summed E-state index contributed by atoms with van der Waals surface area (Å²) in [4.78, 5) is 50.1. The number of pyridine rings is 4. The average molecular weight is 990 g/mol. The van der Waals surface area contributed by atoms with E-state index in [4.69, 9.17) is 31.9 Å². The number of aliphatic hydroxyl groups excluding tert-OH is 2. The molecule has 0 saturated heterocycles. The number of nitrogens with one attached hydrogen (secondary N) is 5. The van der Waals surface area contributed by atoms with Crippen LogP contribution in [0, 0.1) is 13.8 Å². The highest BCUT2D eigenvalue weighted by Crippen LogP contribution is 2.40. The number of aromatic nitrogens is 6. The van der Waals surface area contributed by atoms with Gasteiger partial charge >= 0.3 is 0 Å². The lowest BCUT2D eigenvalue weighted by molar-refractivity contribution is 0.0955. The number of ether oxygens (including phenoxy) is 2. The molecule has 0 unspecified atom stereocenters. The number of aryl methyl sites for hydroxylation is 2. The topological polar surface area (TPSA) is 257 Å². The summed E-state index contributed by atoms with van der Waals surface area (Å²) in [5, 5.41) is 39.0. The maximum atomic E-state index is 12.5. The first-order valence-electron chi connectivity index (χ1n) is 20.8. The number of thiazole rings is 2. The second-order valence-corrected chi connectivity index (χ2v) is 16.9. The van der Waals surface area contributed by atoms with Crippen molar-refractivity contribution in [1.82, 2.24) is 40.5 Å². The van der Waals surface area contributed by atoms with Crippen molar-refractivity contribution in [3.8, 4) is 34.0 Å². The maximum Gasteiger partial charge on any atom is 0.254 e. The molecule has 6 heterocycles. The number of para-hydroxylation sites is 2. The van der Waals surface area contributed by atoms with E-state index in [1.54, 1.807) is 99.8 Å². The molecule has 0 fully saturated rings. The number of nitrogen functional groups attached to an aromatic ring is 1. The van der Waals surface area contributed by atoms with E-state index < -0.39 is 0 Å². The molecule has 21 heteroatoms. The number of methoxy groups -OCH3 is 2. The number of benzene rings is 2. The van der Waals surface area contributed by atoms with Crippen molar-refractivity contribution in [2.45, 2.75) is 27.1 Å². The SMILES string of the molecule is CNC(=O)c1cnc(Cl)cc1Nc1cccc(-c2csc(C)n2)c1OC.CNC(=O)c1cnc(Nc2cc(CO)ccn2)cc1Nc1cccc(-c2csc(C)n2)c1OC.Nc1cc(CO)ccn1. The van der Waals surface area contributed by atoms with Crippen LogP contribution in [0.5, 0.6) is 11.5 Å². The smallest absolute Gasteiger partial charge is 0.254 e. The van der Waals surface area contributed by atoms with Crippen LogP contribution in [-0.2, 0) is 13.2 Å². The number of rotatable bonds is 14. The zero-order valence-corrected chi connectivity index (χ0v) is 40.7. The fourth-order valence-electron chi connectivity index (χ4n) is 6.54. The summed E-state index contributed by atoms with van der Waals surface area (Å²) < 4.78 is 11.3. The monoisotopic (exact) mass is 988 g/mol. The molecule has 0 saturated carbocycles. The number of amides is 2. The van der Waals surface area contributed by atoms with Crippen LogP contribution in [-0.4, -0.2) is 80.2 Å². The van der Waals surface area contributed by atoms with Gasteiger partial charge in [0.05, 0.1) is 82.7 Å². The molecule has 2 aromatic carbocycles. The van der Waals surface area contributed by atoms with Crippen LogP contribution in [0.4, 0.5) is 40.2 Å². The van der Waals surface area contributed by atoms with Gasteiger partial charge in [0.1, 0.15) is 22.6 Å². The van der Waals surface area contributed by atoms with Gasteiger partial charge in [-0.3, -0.25) is 9.59 Å². The highest BCUT2D eigenvalue weighted by atomic mass is 35.5. The van der Waals surface area contributed by atoms with Crippen molar-refractivity contribution in [2.75, 3.05) is 50.0 Å². The zero-order chi connectivity index (χ0) is 49.5. The second kappa shape index (κ2) is 24.3. The molecule has 0 bridgehead atoms. The molecule has 0 aliphatic heterocycles. The average Bonchev–Trinajstić information content (AvgIpc) is 4.01. The van der Waals surface area contributed by atoms with Crippen molar-refractivity contribution in [3.05, 3.63) is 146 Å². The lowest BCUT2D eigenvalue weighted by Gasteiger charge is -2.17. The molecule has 0 aliphatic rings. The Balaban J connectivity index is 0.000000196. The number of aliphatic hydroxyl groups is 2. The van der Waals surface area contributed by atoms with E-state index in [0.717, 1.165) is 43.7 Å². The highest BCUT2D eigenvalue weighted by molar-refractivity contribution is 7.10. The molecule has 0 spiro atoms. The number of carbonyl (C=O) groups is 2. The first kappa shape index (κ1) is 50.7. The van der Waals surface area contributed by atoms with Gasteiger partial charge in [-0.25, -0.2) is 29.9 Å². The lowest BCUT2D eigenvalue weighted by Crippen LogP contribution is -2.19. The molecule has 8 rings (SSSR count). The molecule has 18 nitrogen and oxygen atoms in total. The van der Waals surface area contributed by atoms with Gasteiger partial charge in [0.2, 0.25) is 0 Å². The minimum absolute atomic E-state index is 0.0206. The Bertz CT molecular complexity index is 3040. The predicted molar refractivity (Wildman–Crippen MR) is 273 cm³/mol. The molecule has 69 heavy (non-hydrogen) atoms. The van der Waals surface area contributed by atoms with E-state index in [9.17, 15) is 14.7 Å². The van der Waals surface area contributed by atoms with Gasteiger partial charge in [0, 0.05) is 66.8 Å². The number of hydrogen-bond donors (Lipinski definition) is 8. The molecule has 0 aliphatic carbocycles. The van der Waals surface area contributed by atoms with Crippen LogP contribution in [0.2, 0.25) is 5.15 Å². The normalized spacial score (nSPS) is 10.4. The van der Waals surface area contributed by atoms with Gasteiger partial charge in [-0.1, -0.05) is 23.7 Å². The Morgan fingerprint density at radius 2 is 1.13 bits per heavy atom. The molecular formula is C48H49ClN12O6S2. The minimum Gasteiger partial charge on any atom is -0.494 e. The molecular weight excluding hydrogens is 940 g/mol. The Hall–Kier alpha value is -7.75. The van der Waals surface area contributed by atoms with E-state index in [1.165, 1.54) is 12.4 Å². The van der Waals surface area contributed by atoms with Gasteiger partial charge in [0.25, 0.3) is 11.8 Å². The Labute approximate surface area is 411 Å². The largest absolute Gasteiger partial charge is 0.494 e. The van der Waals surface area contributed by atoms with E-state index in [2.05, 4.69) is 56.5 Å². The van der Waals surface area contributed by atoms with Crippen molar-refractivity contribution >= 4 is 86.3 Å². The molecule has 2 amide bonds. The van der Waals surface area contributed by atoms with E-state index >= 15 is 0 Å². The van der Waals surface area contributed by atoms with Crippen LogP contribution in [0.1, 0.15) is 41.9 Å². The number of anilines is 7.